The highest BCUT2D eigenvalue weighted by Gasteiger charge is 2.40. The van der Waals surface area contributed by atoms with Crippen molar-refractivity contribution in [1.29, 1.82) is 0 Å². The van der Waals surface area contributed by atoms with E-state index in [-0.39, 0.29) is 0 Å². The predicted molar refractivity (Wildman–Crippen MR) is 50.1 cm³/mol. The molecule has 0 saturated carbocycles. The van der Waals surface area contributed by atoms with Crippen molar-refractivity contribution >= 4 is 0 Å². The number of hydrogen-bond acceptors (Lipinski definition) is 1. The van der Waals surface area contributed by atoms with Crippen LogP contribution in [0.5, 0.6) is 0 Å². The van der Waals surface area contributed by atoms with Crippen molar-refractivity contribution in [2.75, 3.05) is 6.54 Å². The quantitative estimate of drug-likeness (QED) is 0.620. The summed E-state index contributed by atoms with van der Waals surface area (Å²) >= 11 is 0. The smallest absolute Gasteiger partial charge is 0.122 e. The van der Waals surface area contributed by atoms with Gasteiger partial charge in [0.2, 0.25) is 0 Å². The fourth-order valence-electron chi connectivity index (χ4n) is 2.17. The van der Waals surface area contributed by atoms with Crippen molar-refractivity contribution in [1.82, 2.24) is 4.90 Å². The first-order chi connectivity index (χ1) is 5.46. The lowest BCUT2D eigenvalue weighted by Gasteiger charge is -2.26. The van der Waals surface area contributed by atoms with Gasteiger partial charge in [0.25, 0.3) is 0 Å². The van der Waals surface area contributed by atoms with Crippen LogP contribution in [0.4, 0.5) is 4.39 Å². The summed E-state index contributed by atoms with van der Waals surface area (Å²) in [4.78, 5) is 2.28. The van der Waals surface area contributed by atoms with Gasteiger partial charge in [0.15, 0.2) is 0 Å². The first kappa shape index (κ1) is 9.97. The molecule has 0 radical (unpaired) electrons. The monoisotopic (exact) mass is 173 g/mol. The molecule has 72 valence electrons. The Bertz CT molecular complexity index is 154. The van der Waals surface area contributed by atoms with Crippen molar-refractivity contribution in [3.63, 3.8) is 0 Å². The predicted octanol–water partition coefficient (Wildman–Crippen LogP) is 2.61. The van der Waals surface area contributed by atoms with Gasteiger partial charge in [-0.15, -0.1) is 0 Å². The van der Waals surface area contributed by atoms with Gasteiger partial charge in [0.05, 0.1) is 0 Å². The molecular weight excluding hydrogens is 153 g/mol. The SMILES string of the molecule is CC[C@@H]1C[C@@](C)(F)CN1C(C)C. The van der Waals surface area contributed by atoms with E-state index >= 15 is 0 Å². The lowest BCUT2D eigenvalue weighted by Crippen LogP contribution is -2.36. The average Bonchev–Trinajstić information content (AvgIpc) is 2.25. The van der Waals surface area contributed by atoms with Crippen molar-refractivity contribution in [3.8, 4) is 0 Å². The molecule has 1 aliphatic heterocycles. The Labute approximate surface area is 74.9 Å². The van der Waals surface area contributed by atoms with Crippen LogP contribution in [0.3, 0.4) is 0 Å². The Balaban J connectivity index is 2.63. The fraction of sp³-hybridized carbons (Fsp3) is 1.00. The number of nitrogens with zero attached hydrogens (tertiary/aromatic N) is 1. The van der Waals surface area contributed by atoms with Gasteiger partial charge < -0.3 is 0 Å². The summed E-state index contributed by atoms with van der Waals surface area (Å²) in [5.41, 5.74) is -0.953. The second-order valence-corrected chi connectivity index (χ2v) is 4.45. The molecule has 0 spiro atoms. The summed E-state index contributed by atoms with van der Waals surface area (Å²) in [7, 11) is 0. The molecule has 0 bridgehead atoms. The van der Waals surface area contributed by atoms with Gasteiger partial charge in [-0.1, -0.05) is 6.92 Å². The second kappa shape index (κ2) is 3.33. The van der Waals surface area contributed by atoms with E-state index in [0.717, 1.165) is 6.42 Å². The Morgan fingerprint density at radius 2 is 2.17 bits per heavy atom. The first-order valence-corrected chi connectivity index (χ1v) is 4.91. The summed E-state index contributed by atoms with van der Waals surface area (Å²) in [5, 5.41) is 0. The Morgan fingerprint density at radius 1 is 1.58 bits per heavy atom. The largest absolute Gasteiger partial charge is 0.295 e. The third-order valence-corrected chi connectivity index (χ3v) is 2.78. The van der Waals surface area contributed by atoms with E-state index in [1.54, 1.807) is 6.92 Å². The number of hydrogen-bond donors (Lipinski definition) is 0. The number of rotatable bonds is 2. The fourth-order valence-corrected chi connectivity index (χ4v) is 2.17. The van der Waals surface area contributed by atoms with Crippen LogP contribution in [0.2, 0.25) is 0 Å². The van der Waals surface area contributed by atoms with Crippen molar-refractivity contribution < 1.29 is 4.39 Å². The summed E-state index contributed by atoms with van der Waals surface area (Å²) in [5.74, 6) is 0. The summed E-state index contributed by atoms with van der Waals surface area (Å²) in [6, 6.07) is 0.938. The minimum atomic E-state index is -0.953. The lowest BCUT2D eigenvalue weighted by atomic mass is 10.0. The molecule has 1 saturated heterocycles. The van der Waals surface area contributed by atoms with Crippen molar-refractivity contribution in [2.24, 2.45) is 0 Å². The van der Waals surface area contributed by atoms with Gasteiger partial charge in [-0.3, -0.25) is 4.90 Å². The normalized spacial score (nSPS) is 38.0. The second-order valence-electron chi connectivity index (χ2n) is 4.45. The topological polar surface area (TPSA) is 3.24 Å². The summed E-state index contributed by atoms with van der Waals surface area (Å²) < 4.78 is 13.6. The molecule has 0 unspecified atom stereocenters. The molecule has 0 aliphatic carbocycles. The van der Waals surface area contributed by atoms with E-state index in [1.165, 1.54) is 0 Å². The van der Waals surface area contributed by atoms with Crippen LogP contribution in [0.25, 0.3) is 0 Å². The highest BCUT2D eigenvalue weighted by atomic mass is 19.1. The molecule has 0 aromatic heterocycles. The van der Waals surface area contributed by atoms with E-state index in [9.17, 15) is 4.39 Å². The van der Waals surface area contributed by atoms with Crippen LogP contribution in [0, 0.1) is 0 Å². The van der Waals surface area contributed by atoms with E-state index in [4.69, 9.17) is 0 Å². The molecule has 1 rings (SSSR count). The molecule has 1 heterocycles. The molecule has 0 N–H and O–H groups in total. The third-order valence-electron chi connectivity index (χ3n) is 2.78. The van der Waals surface area contributed by atoms with Gasteiger partial charge in [0, 0.05) is 18.6 Å². The highest BCUT2D eigenvalue weighted by Crippen LogP contribution is 2.32. The molecule has 1 fully saturated rings. The van der Waals surface area contributed by atoms with Crippen LogP contribution < -0.4 is 0 Å². The van der Waals surface area contributed by atoms with E-state index in [2.05, 4.69) is 25.7 Å². The zero-order chi connectivity index (χ0) is 9.35. The molecule has 0 aromatic rings. The molecule has 2 atom stereocenters. The Morgan fingerprint density at radius 3 is 2.50 bits per heavy atom. The molecular formula is C10H20FN. The third kappa shape index (κ3) is 1.98. The molecule has 1 aliphatic rings. The maximum Gasteiger partial charge on any atom is 0.122 e. The number of alkyl halides is 1. The van der Waals surface area contributed by atoms with E-state index in [1.807, 2.05) is 0 Å². The summed E-state index contributed by atoms with van der Waals surface area (Å²) in [6.45, 7) is 8.76. The number of halogens is 1. The lowest BCUT2D eigenvalue weighted by molar-refractivity contribution is 0.162. The van der Waals surface area contributed by atoms with Gasteiger partial charge in [-0.05, 0) is 33.6 Å². The first-order valence-electron chi connectivity index (χ1n) is 4.91. The molecule has 0 amide bonds. The minimum Gasteiger partial charge on any atom is -0.295 e. The molecule has 1 nitrogen and oxygen atoms in total. The molecule has 12 heavy (non-hydrogen) atoms. The van der Waals surface area contributed by atoms with Gasteiger partial charge in [-0.2, -0.15) is 0 Å². The van der Waals surface area contributed by atoms with Gasteiger partial charge in [-0.25, -0.2) is 4.39 Å². The van der Waals surface area contributed by atoms with Crippen LogP contribution in [0.1, 0.15) is 40.5 Å². The Kier molecular flexibility index (Phi) is 2.77. The van der Waals surface area contributed by atoms with Gasteiger partial charge in [0.1, 0.15) is 5.67 Å². The van der Waals surface area contributed by atoms with Crippen LogP contribution in [-0.2, 0) is 0 Å². The van der Waals surface area contributed by atoms with Crippen LogP contribution >= 0.6 is 0 Å². The zero-order valence-electron chi connectivity index (χ0n) is 8.60. The minimum absolute atomic E-state index is 0.458. The zero-order valence-corrected chi connectivity index (χ0v) is 8.60. The Hall–Kier alpha value is -0.110. The summed E-state index contributed by atoms with van der Waals surface area (Å²) in [6.07, 6.45) is 1.78. The van der Waals surface area contributed by atoms with E-state index < -0.39 is 5.67 Å². The standard InChI is InChI=1S/C10H20FN/c1-5-9-6-10(4,11)7-12(9)8(2)3/h8-9H,5-7H2,1-4H3/t9-,10-/m1/s1. The van der Waals surface area contributed by atoms with E-state index in [0.29, 0.717) is 25.0 Å². The van der Waals surface area contributed by atoms with Crippen molar-refractivity contribution in [3.05, 3.63) is 0 Å². The number of likely N-dealkylation sites (tertiary alicyclic amines) is 1. The van der Waals surface area contributed by atoms with Crippen LogP contribution in [-0.4, -0.2) is 29.2 Å². The average molecular weight is 173 g/mol. The molecule has 2 heteroatoms. The maximum atomic E-state index is 13.6. The van der Waals surface area contributed by atoms with Gasteiger partial charge >= 0.3 is 0 Å². The maximum absolute atomic E-state index is 13.6. The highest BCUT2D eigenvalue weighted by molar-refractivity contribution is 4.94. The van der Waals surface area contributed by atoms with Crippen molar-refractivity contribution in [2.45, 2.75) is 58.3 Å². The molecule has 0 aromatic carbocycles. The van der Waals surface area contributed by atoms with Crippen LogP contribution in [0.15, 0.2) is 0 Å².